The van der Waals surface area contributed by atoms with E-state index in [1.807, 2.05) is 13.8 Å². The second-order valence-corrected chi connectivity index (χ2v) is 4.49. The first-order valence-corrected chi connectivity index (χ1v) is 6.62. The van der Waals surface area contributed by atoms with Gasteiger partial charge in [-0.05, 0) is 13.8 Å². The molecule has 0 bridgehead atoms. The van der Waals surface area contributed by atoms with E-state index < -0.39 is 0 Å². The van der Waals surface area contributed by atoms with Crippen LogP contribution < -0.4 is 5.32 Å². The van der Waals surface area contributed by atoms with E-state index in [4.69, 9.17) is 13.9 Å². The maximum atomic E-state index is 12.1. The molecule has 1 aliphatic rings. The highest BCUT2D eigenvalue weighted by Gasteiger charge is 2.31. The fourth-order valence-electron chi connectivity index (χ4n) is 2.10. The molecule has 0 unspecified atom stereocenters. The fraction of sp³-hybridized carbons (Fsp3) is 0.692. The number of carbonyl (C=O) groups excluding carboxylic acids is 1. The maximum Gasteiger partial charge on any atom is 0.289 e. The van der Waals surface area contributed by atoms with Crippen molar-refractivity contribution in [3.63, 3.8) is 0 Å². The van der Waals surface area contributed by atoms with E-state index >= 15 is 0 Å². The van der Waals surface area contributed by atoms with Gasteiger partial charge in [0.15, 0.2) is 5.89 Å². The van der Waals surface area contributed by atoms with Gasteiger partial charge in [0.25, 0.3) is 5.91 Å². The third-order valence-corrected chi connectivity index (χ3v) is 3.08. The van der Waals surface area contributed by atoms with Crippen molar-refractivity contribution >= 4 is 5.91 Å². The average Bonchev–Trinajstić information content (AvgIpc) is 2.97. The Hall–Kier alpha value is -1.40. The molecule has 0 radical (unpaired) electrons. The Morgan fingerprint density at radius 1 is 1.47 bits per heavy atom. The van der Waals surface area contributed by atoms with E-state index in [2.05, 4.69) is 10.3 Å². The summed E-state index contributed by atoms with van der Waals surface area (Å²) < 4.78 is 16.3. The summed E-state index contributed by atoms with van der Waals surface area (Å²) in [6, 6.07) is -0.137. The zero-order valence-electron chi connectivity index (χ0n) is 11.6. The highest BCUT2D eigenvalue weighted by Crippen LogP contribution is 2.14. The molecule has 2 rings (SSSR count). The van der Waals surface area contributed by atoms with Gasteiger partial charge in [-0.15, -0.1) is 0 Å². The second kappa shape index (κ2) is 6.16. The van der Waals surface area contributed by atoms with Gasteiger partial charge in [0.2, 0.25) is 5.76 Å². The quantitative estimate of drug-likeness (QED) is 0.865. The third-order valence-electron chi connectivity index (χ3n) is 3.08. The summed E-state index contributed by atoms with van der Waals surface area (Å²) in [5.41, 5.74) is 0.612. The number of carbonyl (C=O) groups is 1. The highest BCUT2D eigenvalue weighted by molar-refractivity contribution is 5.92. The number of aromatic nitrogens is 1. The predicted octanol–water partition coefficient (Wildman–Crippen LogP) is 1.08. The summed E-state index contributed by atoms with van der Waals surface area (Å²) in [6.45, 7) is 7.19. The number of oxazole rings is 1. The number of amides is 1. The molecule has 0 saturated carbocycles. The summed E-state index contributed by atoms with van der Waals surface area (Å²) in [7, 11) is 0. The largest absolute Gasteiger partial charge is 0.435 e. The molecule has 1 aromatic rings. The second-order valence-electron chi connectivity index (χ2n) is 4.49. The van der Waals surface area contributed by atoms with Crippen LogP contribution in [-0.4, -0.2) is 42.9 Å². The van der Waals surface area contributed by atoms with Crippen LogP contribution >= 0.6 is 0 Å². The Morgan fingerprint density at radius 2 is 2.26 bits per heavy atom. The molecule has 0 spiro atoms. The lowest BCUT2D eigenvalue weighted by Gasteiger charge is -2.18. The Kier molecular flexibility index (Phi) is 4.55. The number of nitrogens with zero attached hydrogens (tertiary/aromatic N) is 1. The van der Waals surface area contributed by atoms with Crippen LogP contribution in [0.4, 0.5) is 0 Å². The zero-order chi connectivity index (χ0) is 13.8. The van der Waals surface area contributed by atoms with Crippen LogP contribution in [0.5, 0.6) is 0 Å². The zero-order valence-corrected chi connectivity index (χ0v) is 11.6. The first-order chi connectivity index (χ1) is 9.15. The van der Waals surface area contributed by atoms with Crippen LogP contribution in [0.15, 0.2) is 4.42 Å². The molecule has 1 aromatic heterocycles. The van der Waals surface area contributed by atoms with Crippen molar-refractivity contribution in [2.75, 3.05) is 19.8 Å². The standard InChI is InChI=1S/C13H20N2O4/c1-4-11-14-8(3)12(19-11)13(16)15-9-6-17-7-10(9)18-5-2/h9-10H,4-7H2,1-3H3,(H,15,16)/t9-,10-/m0/s1. The van der Waals surface area contributed by atoms with Crippen LogP contribution in [0, 0.1) is 6.92 Å². The molecule has 1 amide bonds. The van der Waals surface area contributed by atoms with E-state index in [-0.39, 0.29) is 23.8 Å². The Labute approximate surface area is 112 Å². The molecule has 1 fully saturated rings. The molecular weight excluding hydrogens is 248 g/mol. The minimum absolute atomic E-state index is 0.0946. The lowest BCUT2D eigenvalue weighted by atomic mass is 10.2. The van der Waals surface area contributed by atoms with Gasteiger partial charge >= 0.3 is 0 Å². The minimum atomic E-state index is -0.259. The molecule has 1 saturated heterocycles. The summed E-state index contributed by atoms with van der Waals surface area (Å²) in [4.78, 5) is 16.3. The van der Waals surface area contributed by atoms with E-state index in [1.54, 1.807) is 6.92 Å². The van der Waals surface area contributed by atoms with Crippen LogP contribution in [0.2, 0.25) is 0 Å². The van der Waals surface area contributed by atoms with E-state index in [0.29, 0.717) is 37.8 Å². The molecule has 0 aromatic carbocycles. The summed E-state index contributed by atoms with van der Waals surface area (Å²) in [6.07, 6.45) is 0.574. The first-order valence-electron chi connectivity index (χ1n) is 6.62. The number of ether oxygens (including phenoxy) is 2. The van der Waals surface area contributed by atoms with Gasteiger partial charge in [-0.1, -0.05) is 6.92 Å². The monoisotopic (exact) mass is 268 g/mol. The normalized spacial score (nSPS) is 22.7. The van der Waals surface area contributed by atoms with Gasteiger partial charge in [0.05, 0.1) is 24.9 Å². The van der Waals surface area contributed by atoms with Crippen molar-refractivity contribution in [1.29, 1.82) is 0 Å². The number of rotatable bonds is 5. The van der Waals surface area contributed by atoms with Gasteiger partial charge in [0, 0.05) is 13.0 Å². The number of aryl methyl sites for hydroxylation is 2. The lowest BCUT2D eigenvalue weighted by Crippen LogP contribution is -2.43. The molecule has 2 atom stereocenters. The minimum Gasteiger partial charge on any atom is -0.435 e. The summed E-state index contributed by atoms with van der Waals surface area (Å²) in [5.74, 6) is 0.593. The van der Waals surface area contributed by atoms with E-state index in [1.165, 1.54) is 0 Å². The molecule has 1 aliphatic heterocycles. The average molecular weight is 268 g/mol. The van der Waals surface area contributed by atoms with Crippen LogP contribution in [0.3, 0.4) is 0 Å². The Morgan fingerprint density at radius 3 is 2.89 bits per heavy atom. The fourth-order valence-corrected chi connectivity index (χ4v) is 2.10. The van der Waals surface area contributed by atoms with Gasteiger partial charge in [-0.25, -0.2) is 4.98 Å². The van der Waals surface area contributed by atoms with Crippen molar-refractivity contribution in [1.82, 2.24) is 10.3 Å². The lowest BCUT2D eigenvalue weighted by molar-refractivity contribution is 0.0399. The number of hydrogen-bond donors (Lipinski definition) is 1. The summed E-state index contributed by atoms with van der Waals surface area (Å²) >= 11 is 0. The smallest absolute Gasteiger partial charge is 0.289 e. The molecular formula is C13H20N2O4. The van der Waals surface area contributed by atoms with Crippen molar-refractivity contribution < 1.29 is 18.7 Å². The Bertz CT molecular complexity index is 444. The topological polar surface area (TPSA) is 73.6 Å². The van der Waals surface area contributed by atoms with Gasteiger partial charge in [0.1, 0.15) is 6.10 Å². The molecule has 6 nitrogen and oxygen atoms in total. The molecule has 2 heterocycles. The molecule has 0 aliphatic carbocycles. The van der Waals surface area contributed by atoms with Gasteiger partial charge < -0.3 is 19.2 Å². The summed E-state index contributed by atoms with van der Waals surface area (Å²) in [5, 5.41) is 2.89. The van der Waals surface area contributed by atoms with E-state index in [0.717, 1.165) is 0 Å². The van der Waals surface area contributed by atoms with Gasteiger partial charge in [-0.2, -0.15) is 0 Å². The molecule has 6 heteroatoms. The SMILES string of the molecule is CCO[C@H]1COC[C@@H]1NC(=O)c1oc(CC)nc1C. The molecule has 106 valence electrons. The third kappa shape index (κ3) is 3.13. The Balaban J connectivity index is 2.01. The van der Waals surface area contributed by atoms with Crippen molar-refractivity contribution in [3.05, 3.63) is 17.3 Å². The van der Waals surface area contributed by atoms with Crippen LogP contribution in [-0.2, 0) is 15.9 Å². The first kappa shape index (κ1) is 14.0. The van der Waals surface area contributed by atoms with Crippen LogP contribution in [0.1, 0.15) is 36.0 Å². The maximum absolute atomic E-state index is 12.1. The molecule has 1 N–H and O–H groups in total. The number of nitrogens with one attached hydrogen (secondary N) is 1. The van der Waals surface area contributed by atoms with Gasteiger partial charge in [-0.3, -0.25) is 4.79 Å². The predicted molar refractivity (Wildman–Crippen MR) is 68.1 cm³/mol. The van der Waals surface area contributed by atoms with E-state index in [9.17, 15) is 4.79 Å². The van der Waals surface area contributed by atoms with Crippen molar-refractivity contribution in [2.24, 2.45) is 0 Å². The highest BCUT2D eigenvalue weighted by atomic mass is 16.5. The van der Waals surface area contributed by atoms with Crippen LogP contribution in [0.25, 0.3) is 0 Å². The van der Waals surface area contributed by atoms with Crippen molar-refractivity contribution in [2.45, 2.75) is 39.3 Å². The van der Waals surface area contributed by atoms with Crippen molar-refractivity contribution in [3.8, 4) is 0 Å². The number of hydrogen-bond acceptors (Lipinski definition) is 5. The molecule has 19 heavy (non-hydrogen) atoms.